The second-order valence-electron chi connectivity index (χ2n) is 13.6. The van der Waals surface area contributed by atoms with Gasteiger partial charge in [0.2, 0.25) is 0 Å². The van der Waals surface area contributed by atoms with Gasteiger partial charge < -0.3 is 4.74 Å². The van der Waals surface area contributed by atoms with Gasteiger partial charge >= 0.3 is 6.09 Å². The molecule has 0 aromatic heterocycles. The van der Waals surface area contributed by atoms with Gasteiger partial charge in [0.05, 0.1) is 10.9 Å². The van der Waals surface area contributed by atoms with Crippen molar-refractivity contribution in [3.63, 3.8) is 0 Å². The molecule has 3 rings (SSSR count). The third-order valence-electron chi connectivity index (χ3n) is 9.11. The number of benzene rings is 1. The normalized spacial score (nSPS) is 28.6. The first-order valence-electron chi connectivity index (χ1n) is 14.2. The lowest BCUT2D eigenvalue weighted by Gasteiger charge is -2.59. The van der Waals surface area contributed by atoms with Crippen LogP contribution in [0.25, 0.3) is 0 Å². The maximum atomic E-state index is 14.1. The van der Waals surface area contributed by atoms with E-state index in [-0.39, 0.29) is 15.7 Å². The van der Waals surface area contributed by atoms with Crippen molar-refractivity contribution in [2.24, 2.45) is 28.6 Å². The highest BCUT2D eigenvalue weighted by Gasteiger charge is 2.54. The van der Waals surface area contributed by atoms with Crippen LogP contribution in [0, 0.1) is 35.5 Å². The van der Waals surface area contributed by atoms with Crippen molar-refractivity contribution < 1.29 is 17.9 Å². The van der Waals surface area contributed by atoms with Crippen LogP contribution in [-0.4, -0.2) is 30.6 Å². The van der Waals surface area contributed by atoms with Crippen LogP contribution in [0.1, 0.15) is 99.5 Å². The Labute approximate surface area is 231 Å². The Morgan fingerprint density at radius 1 is 1.16 bits per heavy atom. The fourth-order valence-electron chi connectivity index (χ4n) is 7.38. The molecule has 1 N–H and O–H groups in total. The van der Waals surface area contributed by atoms with E-state index in [9.17, 15) is 13.2 Å². The molecule has 0 radical (unpaired) electrons. The topological polar surface area (TPSA) is 75.7 Å². The fraction of sp³-hybridized carbons (Fsp3) is 0.710. The molecule has 2 unspecified atom stereocenters. The van der Waals surface area contributed by atoms with Gasteiger partial charge in [0.1, 0.15) is 5.60 Å². The largest absolute Gasteiger partial charge is 0.443 e. The highest BCUT2D eigenvalue weighted by atomic mass is 32.2. The third kappa shape index (κ3) is 6.64. The molecule has 2 aliphatic carbocycles. The van der Waals surface area contributed by atoms with Crippen LogP contribution in [0.15, 0.2) is 41.3 Å². The average molecular weight is 547 g/mol. The van der Waals surface area contributed by atoms with Gasteiger partial charge in [-0.2, -0.15) is 0 Å². The van der Waals surface area contributed by atoms with Gasteiger partial charge in [-0.1, -0.05) is 70.4 Å². The number of ether oxygens (including phenoxy) is 1. The summed E-state index contributed by atoms with van der Waals surface area (Å²) in [7, 11) is -4.06. The quantitative estimate of drug-likeness (QED) is 0.282. The third-order valence-corrected chi connectivity index (χ3v) is 10.9. The summed E-state index contributed by atoms with van der Waals surface area (Å²) < 4.78 is 34.8. The summed E-state index contributed by atoms with van der Waals surface area (Å²) in [6.07, 6.45) is 9.60. The molecule has 0 saturated heterocycles. The molecule has 7 heteroatoms. The summed E-state index contributed by atoms with van der Waals surface area (Å²) in [5.74, 6) is 1.37. The summed E-state index contributed by atoms with van der Waals surface area (Å²) in [5, 5.41) is 0. The molecular weight excluding hydrogens is 496 g/mol. The van der Waals surface area contributed by atoms with E-state index in [1.165, 1.54) is 19.3 Å². The number of hydrazine groups is 1. The summed E-state index contributed by atoms with van der Waals surface area (Å²) in [6.45, 7) is 18.7. The first kappa shape index (κ1) is 30.7. The minimum absolute atomic E-state index is 0.116. The van der Waals surface area contributed by atoms with Crippen molar-refractivity contribution in [1.29, 1.82) is 0 Å². The molecule has 0 heterocycles. The van der Waals surface area contributed by atoms with E-state index in [0.717, 1.165) is 22.8 Å². The fourth-order valence-corrected chi connectivity index (χ4v) is 8.80. The lowest BCUT2D eigenvalue weighted by molar-refractivity contribution is -0.0994. The van der Waals surface area contributed by atoms with Crippen molar-refractivity contribution in [3.05, 3.63) is 42.0 Å². The molecule has 0 aliphatic heterocycles. The number of rotatable bonds is 7. The van der Waals surface area contributed by atoms with E-state index in [2.05, 4.69) is 33.1 Å². The molecule has 0 bridgehead atoms. The van der Waals surface area contributed by atoms with Crippen LogP contribution < -0.4 is 5.43 Å². The molecule has 6 nitrogen and oxygen atoms in total. The van der Waals surface area contributed by atoms with Gasteiger partial charge in [-0.25, -0.2) is 18.6 Å². The molecule has 1 aromatic rings. The van der Waals surface area contributed by atoms with Crippen molar-refractivity contribution in [3.8, 4) is 0 Å². The summed E-state index contributed by atoms with van der Waals surface area (Å²) in [4.78, 5) is 13.1. The van der Waals surface area contributed by atoms with E-state index in [4.69, 9.17) is 4.74 Å². The van der Waals surface area contributed by atoms with E-state index in [1.54, 1.807) is 45.0 Å². The minimum atomic E-state index is -4.06. The Morgan fingerprint density at radius 3 is 2.37 bits per heavy atom. The number of allylic oxidation sites excluding steroid dienone is 1. The van der Waals surface area contributed by atoms with Gasteiger partial charge in [0.15, 0.2) is 0 Å². The standard InChI is InChI=1S/C31H50N2O4S/c1-10-12-24(21-26-23(3)15-18-27-30(7,8)19-11-20-31(26,27)9)33(32-28(34)37-29(4,5)6)38(35,36)25-16-13-22(2)14-17-25/h10,12-14,16-17,23-24,26-27H,11,15,18-21H2,1-9H3,(H,32,34)/b12-10+/t23-,24?,26?,27-,31+/m0/s1. The Kier molecular flexibility index (Phi) is 9.14. The van der Waals surface area contributed by atoms with Crippen LogP contribution in [0.5, 0.6) is 0 Å². The molecule has 1 amide bonds. The molecule has 38 heavy (non-hydrogen) atoms. The second kappa shape index (κ2) is 11.3. The van der Waals surface area contributed by atoms with E-state index in [1.807, 2.05) is 26.0 Å². The predicted molar refractivity (Wildman–Crippen MR) is 154 cm³/mol. The number of carbonyl (C=O) groups excluding carboxylic acids is 1. The van der Waals surface area contributed by atoms with Crippen LogP contribution in [-0.2, 0) is 14.8 Å². The van der Waals surface area contributed by atoms with Gasteiger partial charge in [0, 0.05) is 0 Å². The number of nitrogens with one attached hydrogen (secondary N) is 1. The molecule has 2 fully saturated rings. The Balaban J connectivity index is 2.04. The maximum absolute atomic E-state index is 14.1. The molecule has 1 aromatic carbocycles. The second-order valence-corrected chi connectivity index (χ2v) is 15.4. The summed E-state index contributed by atoms with van der Waals surface area (Å²) in [5.41, 5.74) is 3.24. The smallest absolute Gasteiger partial charge is 0.423 e. The first-order valence-corrected chi connectivity index (χ1v) is 15.7. The molecule has 5 atom stereocenters. The number of nitrogens with zero attached hydrogens (tertiary/aromatic N) is 1. The van der Waals surface area contributed by atoms with Crippen LogP contribution >= 0.6 is 0 Å². The first-order chi connectivity index (χ1) is 17.5. The molecular formula is C31H50N2O4S. The maximum Gasteiger partial charge on any atom is 0.423 e. The molecule has 0 spiro atoms. The van der Waals surface area contributed by atoms with Gasteiger partial charge in [-0.05, 0) is 101 Å². The summed E-state index contributed by atoms with van der Waals surface area (Å²) >= 11 is 0. The number of hydrogen-bond acceptors (Lipinski definition) is 4. The predicted octanol–water partition coefficient (Wildman–Crippen LogP) is 7.64. The van der Waals surface area contributed by atoms with Crippen LogP contribution in [0.2, 0.25) is 0 Å². The molecule has 2 aliphatic rings. The average Bonchev–Trinajstić information content (AvgIpc) is 2.78. The highest BCUT2D eigenvalue weighted by Crippen LogP contribution is 2.62. The zero-order valence-electron chi connectivity index (χ0n) is 25.0. The zero-order chi connectivity index (χ0) is 28.5. The number of hydrogen-bond donors (Lipinski definition) is 1. The van der Waals surface area contributed by atoms with Crippen LogP contribution in [0.3, 0.4) is 0 Å². The Morgan fingerprint density at radius 2 is 1.79 bits per heavy atom. The number of aryl methyl sites for hydroxylation is 1. The summed E-state index contributed by atoms with van der Waals surface area (Å²) in [6, 6.07) is 6.22. The monoisotopic (exact) mass is 546 g/mol. The number of sulfonamides is 1. The molecule has 214 valence electrons. The van der Waals surface area contributed by atoms with E-state index in [0.29, 0.717) is 24.2 Å². The van der Waals surface area contributed by atoms with E-state index >= 15 is 0 Å². The van der Waals surface area contributed by atoms with Gasteiger partial charge in [-0.15, -0.1) is 4.41 Å². The lowest BCUT2D eigenvalue weighted by atomic mass is 9.46. The number of fused-ring (bicyclic) bond motifs is 1. The van der Waals surface area contributed by atoms with Gasteiger partial charge in [-0.3, -0.25) is 0 Å². The number of amides is 1. The zero-order valence-corrected chi connectivity index (χ0v) is 25.8. The van der Waals surface area contributed by atoms with Crippen molar-refractivity contribution >= 4 is 16.1 Å². The minimum Gasteiger partial charge on any atom is -0.443 e. The van der Waals surface area contributed by atoms with Crippen molar-refractivity contribution in [2.45, 2.75) is 117 Å². The van der Waals surface area contributed by atoms with Crippen LogP contribution in [0.4, 0.5) is 4.79 Å². The van der Waals surface area contributed by atoms with Crippen molar-refractivity contribution in [1.82, 2.24) is 9.84 Å². The molecule has 2 saturated carbocycles. The van der Waals surface area contributed by atoms with Gasteiger partial charge in [0.25, 0.3) is 10.0 Å². The number of carbonyl (C=O) groups is 1. The highest BCUT2D eigenvalue weighted by molar-refractivity contribution is 7.89. The lowest BCUT2D eigenvalue weighted by Crippen LogP contribution is -2.56. The van der Waals surface area contributed by atoms with E-state index < -0.39 is 27.8 Å². The SMILES string of the molecule is C/C=C/C(CC1[C@@H](C)CC[C@H]2C(C)(C)CCC[C@]12C)N(NC(=O)OC(C)(C)C)S(=O)(=O)c1ccc(C)cc1. The van der Waals surface area contributed by atoms with Crippen molar-refractivity contribution in [2.75, 3.05) is 0 Å². The Hall–Kier alpha value is -1.86. The Bertz CT molecular complexity index is 1100.